The summed E-state index contributed by atoms with van der Waals surface area (Å²) in [5.74, 6) is -0.377. The second-order valence-electron chi connectivity index (χ2n) is 4.07. The Kier molecular flexibility index (Phi) is 5.12. The molecule has 0 fully saturated rings. The topological polar surface area (TPSA) is 64.3 Å². The lowest BCUT2D eigenvalue weighted by Gasteiger charge is -2.30. The Morgan fingerprint density at radius 1 is 1.41 bits per heavy atom. The zero-order valence-corrected chi connectivity index (χ0v) is 10.4. The first-order valence-electron chi connectivity index (χ1n) is 5.72. The van der Waals surface area contributed by atoms with Crippen LogP contribution in [0.2, 0.25) is 0 Å². The molecule has 0 aliphatic carbocycles. The lowest BCUT2D eigenvalue weighted by molar-refractivity contribution is -0.126. The lowest BCUT2D eigenvalue weighted by Crippen LogP contribution is -2.57. The second-order valence-corrected chi connectivity index (χ2v) is 4.07. The SMILES string of the molecule is CCC(COC)(NCc1ccccc1)C(N)=O. The highest BCUT2D eigenvalue weighted by molar-refractivity contribution is 5.84. The molecule has 0 spiro atoms. The van der Waals surface area contributed by atoms with Crippen LogP contribution in [0.3, 0.4) is 0 Å². The summed E-state index contributed by atoms with van der Waals surface area (Å²) in [4.78, 5) is 11.5. The molecule has 3 N–H and O–H groups in total. The largest absolute Gasteiger partial charge is 0.382 e. The highest BCUT2D eigenvalue weighted by Crippen LogP contribution is 2.12. The minimum absolute atomic E-state index is 0.283. The predicted octanol–water partition coefficient (Wildman–Crippen LogP) is 1.06. The van der Waals surface area contributed by atoms with Crippen LogP contribution >= 0.6 is 0 Å². The molecule has 1 amide bonds. The molecule has 0 saturated heterocycles. The molecule has 0 radical (unpaired) electrons. The van der Waals surface area contributed by atoms with Crippen LogP contribution in [0.25, 0.3) is 0 Å². The van der Waals surface area contributed by atoms with Gasteiger partial charge in [-0.15, -0.1) is 0 Å². The van der Waals surface area contributed by atoms with Crippen molar-refractivity contribution in [2.45, 2.75) is 25.4 Å². The standard InChI is InChI=1S/C13H20N2O2/c1-3-13(10-17-2,12(14)16)15-9-11-7-5-4-6-8-11/h4-8,15H,3,9-10H2,1-2H3,(H2,14,16). The van der Waals surface area contributed by atoms with Gasteiger partial charge in [-0.2, -0.15) is 0 Å². The Morgan fingerprint density at radius 3 is 2.53 bits per heavy atom. The Morgan fingerprint density at radius 2 is 2.06 bits per heavy atom. The number of hydrogen-bond donors (Lipinski definition) is 2. The molecule has 1 rings (SSSR count). The number of nitrogens with one attached hydrogen (secondary N) is 1. The van der Waals surface area contributed by atoms with Gasteiger partial charge in [0.2, 0.25) is 5.91 Å². The highest BCUT2D eigenvalue weighted by atomic mass is 16.5. The van der Waals surface area contributed by atoms with E-state index >= 15 is 0 Å². The number of carbonyl (C=O) groups excluding carboxylic acids is 1. The van der Waals surface area contributed by atoms with Crippen LogP contribution in [0.1, 0.15) is 18.9 Å². The molecule has 1 aromatic rings. The molecule has 94 valence electrons. The third-order valence-corrected chi connectivity index (χ3v) is 2.94. The van der Waals surface area contributed by atoms with Gasteiger partial charge < -0.3 is 10.5 Å². The number of amides is 1. The Bertz CT molecular complexity index is 354. The smallest absolute Gasteiger partial charge is 0.240 e. The quantitative estimate of drug-likeness (QED) is 0.744. The number of rotatable bonds is 7. The van der Waals surface area contributed by atoms with Gasteiger partial charge in [0.25, 0.3) is 0 Å². The molecule has 4 nitrogen and oxygen atoms in total. The summed E-state index contributed by atoms with van der Waals surface area (Å²) in [5.41, 5.74) is 5.78. The van der Waals surface area contributed by atoms with Crippen LogP contribution in [-0.2, 0) is 16.1 Å². The van der Waals surface area contributed by atoms with Gasteiger partial charge in [0, 0.05) is 13.7 Å². The average molecular weight is 236 g/mol. The normalized spacial score (nSPS) is 14.2. The fourth-order valence-corrected chi connectivity index (χ4v) is 1.72. The molecule has 0 bridgehead atoms. The Hall–Kier alpha value is -1.39. The van der Waals surface area contributed by atoms with Crippen molar-refractivity contribution in [1.82, 2.24) is 5.32 Å². The Labute approximate surface area is 102 Å². The summed E-state index contributed by atoms with van der Waals surface area (Å²) in [6.45, 7) is 2.80. The van der Waals surface area contributed by atoms with E-state index in [0.717, 1.165) is 5.56 Å². The third kappa shape index (κ3) is 3.54. The van der Waals surface area contributed by atoms with Crippen molar-refractivity contribution in [1.29, 1.82) is 0 Å². The maximum absolute atomic E-state index is 11.5. The number of benzene rings is 1. The monoisotopic (exact) mass is 236 g/mol. The highest BCUT2D eigenvalue weighted by Gasteiger charge is 2.34. The van der Waals surface area contributed by atoms with Gasteiger partial charge in [0.05, 0.1) is 6.61 Å². The minimum atomic E-state index is -0.787. The first-order chi connectivity index (χ1) is 8.14. The van der Waals surface area contributed by atoms with Crippen molar-refractivity contribution in [2.24, 2.45) is 5.73 Å². The molecular formula is C13H20N2O2. The van der Waals surface area contributed by atoms with E-state index in [1.165, 1.54) is 0 Å². The van der Waals surface area contributed by atoms with E-state index in [-0.39, 0.29) is 12.5 Å². The van der Waals surface area contributed by atoms with Crippen LogP contribution < -0.4 is 11.1 Å². The molecule has 0 aliphatic rings. The van der Waals surface area contributed by atoms with Crippen molar-refractivity contribution in [2.75, 3.05) is 13.7 Å². The average Bonchev–Trinajstić information content (AvgIpc) is 2.35. The first kappa shape index (κ1) is 13.7. The van der Waals surface area contributed by atoms with Crippen LogP contribution in [0.4, 0.5) is 0 Å². The molecule has 0 aliphatic heterocycles. The van der Waals surface area contributed by atoms with Crippen LogP contribution in [0.15, 0.2) is 30.3 Å². The summed E-state index contributed by atoms with van der Waals surface area (Å²) in [6, 6.07) is 9.89. The van der Waals surface area contributed by atoms with E-state index in [1.807, 2.05) is 37.3 Å². The maximum Gasteiger partial charge on any atom is 0.240 e. The van der Waals surface area contributed by atoms with Gasteiger partial charge >= 0.3 is 0 Å². The number of carbonyl (C=O) groups is 1. The zero-order chi connectivity index (χ0) is 12.7. The maximum atomic E-state index is 11.5. The molecule has 1 atom stereocenters. The van der Waals surface area contributed by atoms with Crippen LogP contribution in [0.5, 0.6) is 0 Å². The lowest BCUT2D eigenvalue weighted by atomic mass is 9.96. The van der Waals surface area contributed by atoms with E-state index < -0.39 is 5.54 Å². The van der Waals surface area contributed by atoms with E-state index in [9.17, 15) is 4.79 Å². The van der Waals surface area contributed by atoms with Gasteiger partial charge in [-0.1, -0.05) is 37.3 Å². The van der Waals surface area contributed by atoms with Gasteiger partial charge in [-0.3, -0.25) is 10.1 Å². The molecule has 0 aromatic heterocycles. The Balaban J connectivity index is 2.70. The van der Waals surface area contributed by atoms with Gasteiger partial charge in [0.15, 0.2) is 0 Å². The fourth-order valence-electron chi connectivity index (χ4n) is 1.72. The van der Waals surface area contributed by atoms with Crippen molar-refractivity contribution >= 4 is 5.91 Å². The van der Waals surface area contributed by atoms with Crippen molar-refractivity contribution in [3.63, 3.8) is 0 Å². The van der Waals surface area contributed by atoms with E-state index in [0.29, 0.717) is 13.0 Å². The number of primary amides is 1. The second kappa shape index (κ2) is 6.37. The predicted molar refractivity (Wildman–Crippen MR) is 67.4 cm³/mol. The van der Waals surface area contributed by atoms with Crippen LogP contribution in [0, 0.1) is 0 Å². The zero-order valence-electron chi connectivity index (χ0n) is 10.4. The fraction of sp³-hybridized carbons (Fsp3) is 0.462. The van der Waals surface area contributed by atoms with E-state index in [2.05, 4.69) is 5.32 Å². The molecule has 4 heteroatoms. The van der Waals surface area contributed by atoms with Crippen molar-refractivity contribution in [3.05, 3.63) is 35.9 Å². The number of hydrogen-bond acceptors (Lipinski definition) is 3. The van der Waals surface area contributed by atoms with Crippen LogP contribution in [-0.4, -0.2) is 25.2 Å². The molecule has 0 heterocycles. The van der Waals surface area contributed by atoms with E-state index in [1.54, 1.807) is 7.11 Å². The number of ether oxygens (including phenoxy) is 1. The molecular weight excluding hydrogens is 216 g/mol. The minimum Gasteiger partial charge on any atom is -0.382 e. The summed E-state index contributed by atoms with van der Waals surface area (Å²) in [5, 5.41) is 3.20. The van der Waals surface area contributed by atoms with Gasteiger partial charge in [-0.05, 0) is 12.0 Å². The van der Waals surface area contributed by atoms with Gasteiger partial charge in [-0.25, -0.2) is 0 Å². The first-order valence-corrected chi connectivity index (χ1v) is 5.72. The molecule has 1 aromatic carbocycles. The summed E-state index contributed by atoms with van der Waals surface area (Å²) in [7, 11) is 1.57. The molecule has 1 unspecified atom stereocenters. The summed E-state index contributed by atoms with van der Waals surface area (Å²) >= 11 is 0. The van der Waals surface area contributed by atoms with E-state index in [4.69, 9.17) is 10.5 Å². The number of methoxy groups -OCH3 is 1. The molecule has 17 heavy (non-hydrogen) atoms. The summed E-state index contributed by atoms with van der Waals surface area (Å²) in [6.07, 6.45) is 0.600. The third-order valence-electron chi connectivity index (χ3n) is 2.94. The summed E-state index contributed by atoms with van der Waals surface area (Å²) < 4.78 is 5.08. The van der Waals surface area contributed by atoms with Crippen molar-refractivity contribution < 1.29 is 9.53 Å². The van der Waals surface area contributed by atoms with Gasteiger partial charge in [0.1, 0.15) is 5.54 Å². The van der Waals surface area contributed by atoms with Crippen molar-refractivity contribution in [3.8, 4) is 0 Å². The molecule has 0 saturated carbocycles. The number of nitrogens with two attached hydrogens (primary N) is 1.